The molecule has 1 N–H and O–H groups in total. The first-order chi connectivity index (χ1) is 9.61. The fourth-order valence-corrected chi connectivity index (χ4v) is 2.40. The third kappa shape index (κ3) is 3.48. The van der Waals surface area contributed by atoms with Crippen LogP contribution < -0.4 is 10.7 Å². The zero-order valence-electron chi connectivity index (χ0n) is 11.4. The summed E-state index contributed by atoms with van der Waals surface area (Å²) in [5, 5.41) is 3.49. The molecule has 1 aromatic carbocycles. The molecule has 0 saturated carbocycles. The van der Waals surface area contributed by atoms with Gasteiger partial charge in [-0.2, -0.15) is 0 Å². The summed E-state index contributed by atoms with van der Waals surface area (Å²) in [7, 11) is 0. The number of carbonyl (C=O) groups excluding carboxylic acids is 1. The van der Waals surface area contributed by atoms with Crippen molar-refractivity contribution in [2.75, 3.05) is 6.54 Å². The van der Waals surface area contributed by atoms with Crippen LogP contribution in [0.1, 0.15) is 19.8 Å². The van der Waals surface area contributed by atoms with E-state index < -0.39 is 0 Å². The van der Waals surface area contributed by atoms with Crippen molar-refractivity contribution in [3.63, 3.8) is 0 Å². The van der Waals surface area contributed by atoms with Crippen LogP contribution in [0.2, 0.25) is 0 Å². The van der Waals surface area contributed by atoms with Crippen LogP contribution in [0.25, 0.3) is 10.9 Å². The summed E-state index contributed by atoms with van der Waals surface area (Å²) >= 11 is 3.36. The molecular weight excluding hydrogens is 320 g/mol. The van der Waals surface area contributed by atoms with Gasteiger partial charge in [-0.1, -0.05) is 29.3 Å². The van der Waals surface area contributed by atoms with Crippen LogP contribution in [0.4, 0.5) is 0 Å². The molecule has 1 aromatic heterocycles. The first-order valence-electron chi connectivity index (χ1n) is 6.67. The number of nitrogens with one attached hydrogen (secondary N) is 1. The van der Waals surface area contributed by atoms with E-state index in [1.807, 2.05) is 12.1 Å². The number of unbranched alkanes of at least 4 members (excludes halogenated alkanes) is 1. The van der Waals surface area contributed by atoms with Crippen molar-refractivity contribution >= 4 is 32.7 Å². The highest BCUT2D eigenvalue weighted by Crippen LogP contribution is 2.16. The van der Waals surface area contributed by atoms with E-state index in [-0.39, 0.29) is 17.9 Å². The maximum Gasteiger partial charge on any atom is 0.239 e. The Bertz CT molecular complexity index is 679. The number of pyridine rings is 1. The molecule has 4 nitrogen and oxygen atoms in total. The van der Waals surface area contributed by atoms with Gasteiger partial charge in [0.15, 0.2) is 5.43 Å². The molecule has 0 spiro atoms. The van der Waals surface area contributed by atoms with E-state index in [2.05, 4.69) is 28.2 Å². The van der Waals surface area contributed by atoms with Gasteiger partial charge in [0, 0.05) is 28.7 Å². The molecule has 2 rings (SSSR count). The Morgan fingerprint density at radius 1 is 1.35 bits per heavy atom. The quantitative estimate of drug-likeness (QED) is 0.853. The van der Waals surface area contributed by atoms with Crippen LogP contribution in [-0.2, 0) is 11.3 Å². The van der Waals surface area contributed by atoms with E-state index in [0.717, 1.165) is 22.8 Å². The topological polar surface area (TPSA) is 51.1 Å². The molecular formula is C15H17BrN2O2. The Hall–Kier alpha value is -1.62. The van der Waals surface area contributed by atoms with E-state index in [1.54, 1.807) is 16.8 Å². The molecule has 0 fully saturated rings. The third-order valence-corrected chi connectivity index (χ3v) is 3.60. The zero-order valence-corrected chi connectivity index (χ0v) is 12.9. The largest absolute Gasteiger partial charge is 0.355 e. The molecule has 0 bridgehead atoms. The Kier molecular flexibility index (Phi) is 4.95. The smallest absolute Gasteiger partial charge is 0.239 e. The van der Waals surface area contributed by atoms with E-state index >= 15 is 0 Å². The molecule has 0 atom stereocenters. The average Bonchev–Trinajstić information content (AvgIpc) is 2.42. The molecule has 0 aliphatic heterocycles. The molecule has 1 heterocycles. The maximum absolute atomic E-state index is 11.9. The predicted octanol–water partition coefficient (Wildman–Crippen LogP) is 2.68. The van der Waals surface area contributed by atoms with Crippen molar-refractivity contribution in [1.82, 2.24) is 9.88 Å². The number of benzene rings is 1. The van der Waals surface area contributed by atoms with E-state index in [1.165, 1.54) is 6.07 Å². The van der Waals surface area contributed by atoms with Crippen LogP contribution in [0.15, 0.2) is 39.7 Å². The highest BCUT2D eigenvalue weighted by molar-refractivity contribution is 9.10. The number of fused-ring (bicyclic) bond motifs is 1. The summed E-state index contributed by atoms with van der Waals surface area (Å²) in [6.07, 6.45) is 3.69. The third-order valence-electron chi connectivity index (χ3n) is 3.11. The number of hydrogen-bond acceptors (Lipinski definition) is 2. The monoisotopic (exact) mass is 336 g/mol. The minimum atomic E-state index is -0.0380. The summed E-state index contributed by atoms with van der Waals surface area (Å²) in [5.41, 5.74) is 0.732. The Morgan fingerprint density at radius 2 is 2.15 bits per heavy atom. The van der Waals surface area contributed by atoms with Crippen molar-refractivity contribution in [2.45, 2.75) is 26.3 Å². The van der Waals surface area contributed by atoms with Crippen molar-refractivity contribution in [3.05, 3.63) is 45.2 Å². The van der Waals surface area contributed by atoms with Gasteiger partial charge in [0.1, 0.15) is 6.54 Å². The molecule has 5 heteroatoms. The number of nitrogens with zero attached hydrogens (tertiary/aromatic N) is 1. The molecule has 1 amide bonds. The lowest BCUT2D eigenvalue weighted by Gasteiger charge is -2.11. The minimum Gasteiger partial charge on any atom is -0.355 e. The number of aromatic nitrogens is 1. The Morgan fingerprint density at radius 3 is 2.90 bits per heavy atom. The van der Waals surface area contributed by atoms with Crippen LogP contribution in [-0.4, -0.2) is 17.0 Å². The second-order valence-electron chi connectivity index (χ2n) is 4.67. The van der Waals surface area contributed by atoms with Gasteiger partial charge in [0.25, 0.3) is 0 Å². The molecule has 20 heavy (non-hydrogen) atoms. The highest BCUT2D eigenvalue weighted by atomic mass is 79.9. The molecule has 0 aliphatic rings. The maximum atomic E-state index is 11.9. The molecule has 0 radical (unpaired) electrons. The minimum absolute atomic E-state index is 0.0358. The van der Waals surface area contributed by atoms with Gasteiger partial charge < -0.3 is 9.88 Å². The Labute approximate surface area is 125 Å². The normalized spacial score (nSPS) is 10.7. The SMILES string of the molecule is CCCCNC(=O)Cn1ccc(=O)c2cc(Br)ccc21. The summed E-state index contributed by atoms with van der Waals surface area (Å²) in [6.45, 7) is 3.00. The fraction of sp³-hybridized carbons (Fsp3) is 0.333. The average molecular weight is 337 g/mol. The number of hydrogen-bond donors (Lipinski definition) is 1. The molecule has 0 unspecified atom stereocenters. The van der Waals surface area contributed by atoms with Gasteiger partial charge in [0.05, 0.1) is 5.52 Å². The first kappa shape index (κ1) is 14.8. The lowest BCUT2D eigenvalue weighted by molar-refractivity contribution is -0.121. The zero-order chi connectivity index (χ0) is 14.5. The van der Waals surface area contributed by atoms with Gasteiger partial charge in [-0.15, -0.1) is 0 Å². The summed E-state index contributed by atoms with van der Waals surface area (Å²) in [5.74, 6) is -0.0358. The first-order valence-corrected chi connectivity index (χ1v) is 7.46. The lowest BCUT2D eigenvalue weighted by Crippen LogP contribution is -2.28. The summed E-state index contributed by atoms with van der Waals surface area (Å²) in [6, 6.07) is 6.99. The van der Waals surface area contributed by atoms with E-state index in [9.17, 15) is 9.59 Å². The van der Waals surface area contributed by atoms with Crippen molar-refractivity contribution in [3.8, 4) is 0 Å². The summed E-state index contributed by atoms with van der Waals surface area (Å²) in [4.78, 5) is 23.7. The molecule has 2 aromatic rings. The van der Waals surface area contributed by atoms with E-state index in [4.69, 9.17) is 0 Å². The highest BCUT2D eigenvalue weighted by Gasteiger charge is 2.07. The number of amides is 1. The predicted molar refractivity (Wildman–Crippen MR) is 83.8 cm³/mol. The van der Waals surface area contributed by atoms with Gasteiger partial charge in [-0.3, -0.25) is 9.59 Å². The number of rotatable bonds is 5. The second kappa shape index (κ2) is 6.70. The molecule has 0 saturated heterocycles. The number of carbonyl (C=O) groups is 1. The van der Waals surface area contributed by atoms with Crippen LogP contribution in [0.3, 0.4) is 0 Å². The van der Waals surface area contributed by atoms with Crippen LogP contribution in [0.5, 0.6) is 0 Å². The van der Waals surface area contributed by atoms with Gasteiger partial charge >= 0.3 is 0 Å². The van der Waals surface area contributed by atoms with Crippen molar-refractivity contribution in [1.29, 1.82) is 0 Å². The van der Waals surface area contributed by atoms with Gasteiger partial charge in [-0.25, -0.2) is 0 Å². The lowest BCUT2D eigenvalue weighted by atomic mass is 10.2. The van der Waals surface area contributed by atoms with Gasteiger partial charge in [-0.05, 0) is 24.6 Å². The second-order valence-corrected chi connectivity index (χ2v) is 5.59. The Balaban J connectivity index is 2.25. The van der Waals surface area contributed by atoms with Gasteiger partial charge in [0.2, 0.25) is 5.91 Å². The fourth-order valence-electron chi connectivity index (χ4n) is 2.04. The summed E-state index contributed by atoms with van der Waals surface area (Å²) < 4.78 is 2.65. The van der Waals surface area contributed by atoms with Crippen LogP contribution >= 0.6 is 15.9 Å². The molecule has 106 valence electrons. The van der Waals surface area contributed by atoms with Crippen molar-refractivity contribution < 1.29 is 4.79 Å². The van der Waals surface area contributed by atoms with Crippen LogP contribution in [0, 0.1) is 0 Å². The standard InChI is InChI=1S/C15H17BrN2O2/c1-2-3-7-17-15(20)10-18-8-6-14(19)12-9-11(16)4-5-13(12)18/h4-6,8-9H,2-3,7,10H2,1H3,(H,17,20). The molecule has 0 aliphatic carbocycles. The van der Waals surface area contributed by atoms with Crippen molar-refractivity contribution in [2.24, 2.45) is 0 Å². The van der Waals surface area contributed by atoms with E-state index in [0.29, 0.717) is 11.9 Å². The number of halogens is 1.